The molecule has 3 heteroatoms. The average Bonchev–Trinajstić information content (AvgIpc) is 2.22. The fourth-order valence-corrected chi connectivity index (χ4v) is 2.74. The largest absolute Gasteiger partial charge is 0.342 e. The van der Waals surface area contributed by atoms with Gasteiger partial charge < -0.3 is 10.2 Å². The van der Waals surface area contributed by atoms with Crippen molar-refractivity contribution in [3.63, 3.8) is 0 Å². The molecule has 2 saturated heterocycles. The summed E-state index contributed by atoms with van der Waals surface area (Å²) in [6, 6.07) is 0. The monoisotopic (exact) mass is 210 g/mol. The number of amides is 1. The zero-order valence-corrected chi connectivity index (χ0v) is 9.72. The zero-order chi connectivity index (χ0) is 10.7. The van der Waals surface area contributed by atoms with Crippen LogP contribution in [0.3, 0.4) is 0 Å². The number of carbonyl (C=O) groups excluding carboxylic acids is 1. The van der Waals surface area contributed by atoms with Crippen LogP contribution >= 0.6 is 0 Å². The third kappa shape index (κ3) is 2.71. The van der Waals surface area contributed by atoms with Gasteiger partial charge in [0.2, 0.25) is 5.91 Å². The van der Waals surface area contributed by atoms with Crippen LogP contribution in [-0.2, 0) is 4.79 Å². The summed E-state index contributed by atoms with van der Waals surface area (Å²) in [4.78, 5) is 13.8. The van der Waals surface area contributed by atoms with Crippen molar-refractivity contribution in [3.05, 3.63) is 0 Å². The van der Waals surface area contributed by atoms with E-state index in [2.05, 4.69) is 17.1 Å². The van der Waals surface area contributed by atoms with Gasteiger partial charge in [-0.25, -0.2) is 0 Å². The topological polar surface area (TPSA) is 32.3 Å². The molecule has 0 aliphatic carbocycles. The second-order valence-corrected chi connectivity index (χ2v) is 5.36. The van der Waals surface area contributed by atoms with Gasteiger partial charge >= 0.3 is 0 Å². The highest BCUT2D eigenvalue weighted by atomic mass is 16.2. The molecule has 0 radical (unpaired) electrons. The molecule has 1 unspecified atom stereocenters. The van der Waals surface area contributed by atoms with Gasteiger partial charge in [0.1, 0.15) is 0 Å². The summed E-state index contributed by atoms with van der Waals surface area (Å²) in [7, 11) is 0. The lowest BCUT2D eigenvalue weighted by Crippen LogP contribution is -2.48. The second kappa shape index (κ2) is 4.52. The molecule has 0 bridgehead atoms. The SMILES string of the molecule is CC1(CN2CCCCC2=O)CCCNC1. The molecule has 3 nitrogen and oxygen atoms in total. The van der Waals surface area contributed by atoms with Crippen molar-refractivity contribution in [2.45, 2.75) is 39.0 Å². The van der Waals surface area contributed by atoms with Crippen LogP contribution in [0.5, 0.6) is 0 Å². The number of piperidine rings is 2. The molecular weight excluding hydrogens is 188 g/mol. The van der Waals surface area contributed by atoms with E-state index in [4.69, 9.17) is 0 Å². The summed E-state index contributed by atoms with van der Waals surface area (Å²) in [5.41, 5.74) is 0.311. The molecule has 2 rings (SSSR count). The van der Waals surface area contributed by atoms with Gasteiger partial charge in [-0.15, -0.1) is 0 Å². The van der Waals surface area contributed by atoms with Gasteiger partial charge in [-0.1, -0.05) is 6.92 Å². The fourth-order valence-electron chi connectivity index (χ4n) is 2.74. The number of hydrogen-bond donors (Lipinski definition) is 1. The summed E-state index contributed by atoms with van der Waals surface area (Å²) >= 11 is 0. The molecule has 0 aromatic heterocycles. The summed E-state index contributed by atoms with van der Waals surface area (Å²) in [5, 5.41) is 3.44. The molecule has 1 N–H and O–H groups in total. The Morgan fingerprint density at radius 2 is 2.27 bits per heavy atom. The minimum absolute atomic E-state index is 0.311. The van der Waals surface area contributed by atoms with Crippen LogP contribution in [0.1, 0.15) is 39.0 Å². The summed E-state index contributed by atoms with van der Waals surface area (Å²) < 4.78 is 0. The van der Waals surface area contributed by atoms with E-state index in [9.17, 15) is 4.79 Å². The lowest BCUT2D eigenvalue weighted by Gasteiger charge is -2.40. The van der Waals surface area contributed by atoms with Crippen molar-refractivity contribution in [3.8, 4) is 0 Å². The summed E-state index contributed by atoms with van der Waals surface area (Å²) in [5.74, 6) is 0.369. The quantitative estimate of drug-likeness (QED) is 0.747. The Morgan fingerprint density at radius 1 is 1.40 bits per heavy atom. The molecule has 2 fully saturated rings. The Kier molecular flexibility index (Phi) is 3.29. The second-order valence-electron chi connectivity index (χ2n) is 5.36. The van der Waals surface area contributed by atoms with E-state index >= 15 is 0 Å². The van der Waals surface area contributed by atoms with E-state index in [1.165, 1.54) is 19.3 Å². The molecular formula is C12H22N2O. The van der Waals surface area contributed by atoms with Crippen LogP contribution in [0.2, 0.25) is 0 Å². The Labute approximate surface area is 92.2 Å². The number of likely N-dealkylation sites (tertiary alicyclic amines) is 1. The van der Waals surface area contributed by atoms with Gasteiger partial charge in [-0.2, -0.15) is 0 Å². The number of nitrogens with one attached hydrogen (secondary N) is 1. The molecule has 0 aromatic rings. The van der Waals surface area contributed by atoms with Crippen molar-refractivity contribution in [2.75, 3.05) is 26.2 Å². The lowest BCUT2D eigenvalue weighted by molar-refractivity contribution is -0.135. The first kappa shape index (κ1) is 10.9. The Morgan fingerprint density at radius 3 is 2.93 bits per heavy atom. The van der Waals surface area contributed by atoms with Crippen LogP contribution < -0.4 is 5.32 Å². The van der Waals surface area contributed by atoms with Crippen molar-refractivity contribution in [1.82, 2.24) is 10.2 Å². The van der Waals surface area contributed by atoms with Crippen LogP contribution in [0, 0.1) is 5.41 Å². The Hall–Kier alpha value is -0.570. The van der Waals surface area contributed by atoms with Crippen LogP contribution in [0.15, 0.2) is 0 Å². The first-order chi connectivity index (χ1) is 7.20. The highest BCUT2D eigenvalue weighted by Crippen LogP contribution is 2.27. The molecule has 0 aromatic carbocycles. The van der Waals surface area contributed by atoms with Crippen LogP contribution in [-0.4, -0.2) is 37.0 Å². The molecule has 2 aliphatic heterocycles. The highest BCUT2D eigenvalue weighted by Gasteiger charge is 2.31. The van der Waals surface area contributed by atoms with Crippen molar-refractivity contribution < 1.29 is 4.79 Å². The van der Waals surface area contributed by atoms with E-state index in [1.807, 2.05) is 0 Å². The zero-order valence-electron chi connectivity index (χ0n) is 9.72. The first-order valence-corrected chi connectivity index (χ1v) is 6.18. The molecule has 15 heavy (non-hydrogen) atoms. The molecule has 2 heterocycles. The van der Waals surface area contributed by atoms with Crippen LogP contribution in [0.4, 0.5) is 0 Å². The highest BCUT2D eigenvalue weighted by molar-refractivity contribution is 5.76. The Balaban J connectivity index is 1.91. The first-order valence-electron chi connectivity index (χ1n) is 6.18. The molecule has 2 aliphatic rings. The molecule has 0 spiro atoms. The van der Waals surface area contributed by atoms with Gasteiger partial charge in [-0.05, 0) is 37.6 Å². The smallest absolute Gasteiger partial charge is 0.222 e. The van der Waals surface area contributed by atoms with E-state index in [0.717, 1.165) is 39.0 Å². The minimum Gasteiger partial charge on any atom is -0.342 e. The average molecular weight is 210 g/mol. The molecule has 1 atom stereocenters. The van der Waals surface area contributed by atoms with Gasteiger partial charge in [0.15, 0.2) is 0 Å². The van der Waals surface area contributed by atoms with E-state index in [1.54, 1.807) is 0 Å². The minimum atomic E-state index is 0.311. The van der Waals surface area contributed by atoms with Gasteiger partial charge in [0.25, 0.3) is 0 Å². The molecule has 86 valence electrons. The molecule has 1 amide bonds. The number of hydrogen-bond acceptors (Lipinski definition) is 2. The third-order valence-electron chi connectivity index (χ3n) is 3.68. The number of carbonyl (C=O) groups is 1. The van der Waals surface area contributed by atoms with Gasteiger partial charge in [0.05, 0.1) is 0 Å². The fraction of sp³-hybridized carbons (Fsp3) is 0.917. The van der Waals surface area contributed by atoms with E-state index in [0.29, 0.717) is 11.3 Å². The standard InChI is InChI=1S/C12H22N2O/c1-12(6-4-7-13-9-12)10-14-8-3-2-5-11(14)15/h13H,2-10H2,1H3. The summed E-state index contributed by atoms with van der Waals surface area (Å²) in [6.07, 6.45) is 5.55. The Bertz CT molecular complexity index is 234. The predicted octanol–water partition coefficient (Wildman–Crippen LogP) is 1.39. The van der Waals surface area contributed by atoms with E-state index in [-0.39, 0.29) is 0 Å². The van der Waals surface area contributed by atoms with E-state index < -0.39 is 0 Å². The normalized spacial score (nSPS) is 33.1. The maximum absolute atomic E-state index is 11.7. The van der Waals surface area contributed by atoms with Gasteiger partial charge in [0, 0.05) is 26.1 Å². The number of nitrogens with zero attached hydrogens (tertiary/aromatic N) is 1. The molecule has 0 saturated carbocycles. The third-order valence-corrected chi connectivity index (χ3v) is 3.68. The maximum atomic E-state index is 11.7. The summed E-state index contributed by atoms with van der Waals surface area (Å²) in [6.45, 7) is 6.45. The number of rotatable bonds is 2. The van der Waals surface area contributed by atoms with Gasteiger partial charge in [-0.3, -0.25) is 4.79 Å². The van der Waals surface area contributed by atoms with Crippen molar-refractivity contribution in [2.24, 2.45) is 5.41 Å². The lowest BCUT2D eigenvalue weighted by atomic mass is 9.82. The van der Waals surface area contributed by atoms with Crippen molar-refractivity contribution >= 4 is 5.91 Å². The maximum Gasteiger partial charge on any atom is 0.222 e. The predicted molar refractivity (Wildman–Crippen MR) is 60.6 cm³/mol. The van der Waals surface area contributed by atoms with Crippen molar-refractivity contribution in [1.29, 1.82) is 0 Å². The van der Waals surface area contributed by atoms with Crippen LogP contribution in [0.25, 0.3) is 0 Å².